The van der Waals surface area contributed by atoms with Gasteiger partial charge < -0.3 is 10.2 Å². The molecule has 0 saturated carbocycles. The number of carbonyl (C=O) groups excluding carboxylic acids is 3. The zero-order valence-electron chi connectivity index (χ0n) is 13.1. The number of benzene rings is 1. The third-order valence-electron chi connectivity index (χ3n) is 3.67. The molecule has 1 atom stereocenters. The standard InChI is InChI=1S/C16H21N3O3/c1-11(14(20)17-9-6-10-18(2)3)19-15(21)12-7-4-5-8-13(12)16(19)22/h4-5,7-8,11H,6,9-10H2,1-3H3,(H,17,20). The number of imide groups is 1. The number of carbonyl (C=O) groups is 3. The number of fused-ring (bicyclic) bond motifs is 1. The van der Waals surface area contributed by atoms with Gasteiger partial charge in [0.25, 0.3) is 11.8 Å². The number of rotatable bonds is 6. The molecule has 0 spiro atoms. The molecule has 0 radical (unpaired) electrons. The monoisotopic (exact) mass is 303 g/mol. The molecule has 0 bridgehead atoms. The van der Waals surface area contributed by atoms with Gasteiger partial charge in [-0.3, -0.25) is 19.3 Å². The largest absolute Gasteiger partial charge is 0.354 e. The number of nitrogens with one attached hydrogen (secondary N) is 1. The van der Waals surface area contributed by atoms with E-state index in [-0.39, 0.29) is 5.91 Å². The van der Waals surface area contributed by atoms with Crippen molar-refractivity contribution in [2.24, 2.45) is 0 Å². The molecule has 0 saturated heterocycles. The van der Waals surface area contributed by atoms with E-state index >= 15 is 0 Å². The second-order valence-corrected chi connectivity index (χ2v) is 5.65. The molecular weight excluding hydrogens is 282 g/mol. The molecule has 1 aliphatic rings. The van der Waals surface area contributed by atoms with Crippen LogP contribution in [0.2, 0.25) is 0 Å². The van der Waals surface area contributed by atoms with Gasteiger partial charge in [-0.05, 0) is 46.1 Å². The second kappa shape index (κ2) is 6.70. The Labute approximate surface area is 130 Å². The van der Waals surface area contributed by atoms with Crippen LogP contribution in [0.5, 0.6) is 0 Å². The lowest BCUT2D eigenvalue weighted by Crippen LogP contribution is -2.48. The highest BCUT2D eigenvalue weighted by Crippen LogP contribution is 2.24. The zero-order valence-corrected chi connectivity index (χ0v) is 13.1. The van der Waals surface area contributed by atoms with Crippen LogP contribution in [0.4, 0.5) is 0 Å². The molecule has 6 nitrogen and oxygen atoms in total. The molecule has 2 rings (SSSR count). The first-order chi connectivity index (χ1) is 10.4. The van der Waals surface area contributed by atoms with Crippen LogP contribution in [0.15, 0.2) is 24.3 Å². The van der Waals surface area contributed by atoms with Crippen molar-refractivity contribution in [2.45, 2.75) is 19.4 Å². The van der Waals surface area contributed by atoms with Gasteiger partial charge in [0.1, 0.15) is 6.04 Å². The summed E-state index contributed by atoms with van der Waals surface area (Å²) in [6, 6.07) is 5.82. The summed E-state index contributed by atoms with van der Waals surface area (Å²) in [6.07, 6.45) is 0.813. The van der Waals surface area contributed by atoms with Crippen molar-refractivity contribution in [1.82, 2.24) is 15.1 Å². The van der Waals surface area contributed by atoms with Crippen LogP contribution < -0.4 is 5.32 Å². The van der Waals surface area contributed by atoms with E-state index in [1.54, 1.807) is 31.2 Å². The molecule has 1 N–H and O–H groups in total. The topological polar surface area (TPSA) is 69.7 Å². The Morgan fingerprint density at radius 1 is 1.18 bits per heavy atom. The molecule has 1 aromatic carbocycles. The van der Waals surface area contributed by atoms with E-state index in [1.807, 2.05) is 19.0 Å². The SMILES string of the molecule is CC(C(=O)NCCCN(C)C)N1C(=O)c2ccccc2C1=O. The van der Waals surface area contributed by atoms with Crippen molar-refractivity contribution < 1.29 is 14.4 Å². The molecular formula is C16H21N3O3. The van der Waals surface area contributed by atoms with Crippen molar-refractivity contribution in [2.75, 3.05) is 27.2 Å². The van der Waals surface area contributed by atoms with E-state index in [0.717, 1.165) is 17.9 Å². The number of amides is 3. The van der Waals surface area contributed by atoms with Crippen LogP contribution in [-0.2, 0) is 4.79 Å². The Morgan fingerprint density at radius 2 is 1.73 bits per heavy atom. The molecule has 118 valence electrons. The summed E-state index contributed by atoms with van der Waals surface area (Å²) in [4.78, 5) is 39.8. The minimum Gasteiger partial charge on any atom is -0.354 e. The van der Waals surface area contributed by atoms with E-state index in [0.29, 0.717) is 17.7 Å². The van der Waals surface area contributed by atoms with Crippen molar-refractivity contribution in [3.8, 4) is 0 Å². The van der Waals surface area contributed by atoms with E-state index in [1.165, 1.54) is 0 Å². The lowest BCUT2D eigenvalue weighted by atomic mass is 10.1. The van der Waals surface area contributed by atoms with Gasteiger partial charge in [-0.25, -0.2) is 0 Å². The maximum atomic E-state index is 12.3. The predicted octanol–water partition coefficient (Wildman–Crippen LogP) is 0.739. The third kappa shape index (κ3) is 3.17. The number of hydrogen-bond acceptors (Lipinski definition) is 4. The third-order valence-corrected chi connectivity index (χ3v) is 3.67. The zero-order chi connectivity index (χ0) is 16.3. The fourth-order valence-corrected chi connectivity index (χ4v) is 2.43. The van der Waals surface area contributed by atoms with E-state index in [9.17, 15) is 14.4 Å². The maximum absolute atomic E-state index is 12.3. The molecule has 0 aliphatic carbocycles. The van der Waals surface area contributed by atoms with Crippen molar-refractivity contribution in [3.63, 3.8) is 0 Å². The molecule has 1 aromatic rings. The highest BCUT2D eigenvalue weighted by atomic mass is 16.2. The summed E-state index contributed by atoms with van der Waals surface area (Å²) in [5.74, 6) is -1.12. The quantitative estimate of drug-likeness (QED) is 0.621. The summed E-state index contributed by atoms with van der Waals surface area (Å²) >= 11 is 0. The lowest BCUT2D eigenvalue weighted by molar-refractivity contribution is -0.124. The van der Waals surface area contributed by atoms with E-state index in [4.69, 9.17) is 0 Å². The first-order valence-electron chi connectivity index (χ1n) is 7.33. The first kappa shape index (κ1) is 16.2. The molecule has 1 heterocycles. The van der Waals surface area contributed by atoms with Gasteiger partial charge in [0.15, 0.2) is 0 Å². The van der Waals surface area contributed by atoms with Crippen molar-refractivity contribution in [1.29, 1.82) is 0 Å². The van der Waals surface area contributed by atoms with Crippen LogP contribution in [0.3, 0.4) is 0 Å². The second-order valence-electron chi connectivity index (χ2n) is 5.65. The van der Waals surface area contributed by atoms with Gasteiger partial charge in [0.2, 0.25) is 5.91 Å². The first-order valence-corrected chi connectivity index (χ1v) is 7.33. The molecule has 1 unspecified atom stereocenters. The maximum Gasteiger partial charge on any atom is 0.262 e. The Balaban J connectivity index is 1.99. The Hall–Kier alpha value is -2.21. The average molecular weight is 303 g/mol. The molecule has 3 amide bonds. The van der Waals surface area contributed by atoms with Gasteiger partial charge in [-0.1, -0.05) is 12.1 Å². The highest BCUT2D eigenvalue weighted by Gasteiger charge is 2.40. The van der Waals surface area contributed by atoms with Crippen LogP contribution in [0.25, 0.3) is 0 Å². The number of nitrogens with zero attached hydrogens (tertiary/aromatic N) is 2. The fourth-order valence-electron chi connectivity index (χ4n) is 2.43. The summed E-state index contributed by atoms with van der Waals surface area (Å²) in [5, 5.41) is 2.77. The van der Waals surface area contributed by atoms with Crippen molar-refractivity contribution in [3.05, 3.63) is 35.4 Å². The highest BCUT2D eigenvalue weighted by molar-refractivity contribution is 6.22. The van der Waals surface area contributed by atoms with Gasteiger partial charge in [-0.2, -0.15) is 0 Å². The molecule has 0 aromatic heterocycles. The Bertz CT molecular complexity index is 563. The minimum atomic E-state index is -0.813. The van der Waals surface area contributed by atoms with Crippen LogP contribution in [0.1, 0.15) is 34.1 Å². The smallest absolute Gasteiger partial charge is 0.262 e. The van der Waals surface area contributed by atoms with E-state index < -0.39 is 17.9 Å². The van der Waals surface area contributed by atoms with Gasteiger partial charge in [-0.15, -0.1) is 0 Å². The predicted molar refractivity (Wildman–Crippen MR) is 82.6 cm³/mol. The van der Waals surface area contributed by atoms with E-state index in [2.05, 4.69) is 5.32 Å². The number of hydrogen-bond donors (Lipinski definition) is 1. The van der Waals surface area contributed by atoms with Gasteiger partial charge in [0.05, 0.1) is 11.1 Å². The fraction of sp³-hybridized carbons (Fsp3) is 0.438. The van der Waals surface area contributed by atoms with Gasteiger partial charge in [0, 0.05) is 6.54 Å². The summed E-state index contributed by atoms with van der Waals surface area (Å²) in [5.41, 5.74) is 0.722. The van der Waals surface area contributed by atoms with Gasteiger partial charge >= 0.3 is 0 Å². The van der Waals surface area contributed by atoms with Crippen LogP contribution in [0, 0.1) is 0 Å². The van der Waals surface area contributed by atoms with Crippen LogP contribution in [-0.4, -0.2) is 60.7 Å². The normalized spacial score (nSPS) is 15.2. The summed E-state index contributed by atoms with van der Waals surface area (Å²) < 4.78 is 0. The summed E-state index contributed by atoms with van der Waals surface area (Å²) in [7, 11) is 3.92. The molecule has 1 aliphatic heterocycles. The molecule has 6 heteroatoms. The average Bonchev–Trinajstić information content (AvgIpc) is 2.75. The molecule has 0 fully saturated rings. The minimum absolute atomic E-state index is 0.312. The molecule has 22 heavy (non-hydrogen) atoms. The Morgan fingerprint density at radius 3 is 2.23 bits per heavy atom. The van der Waals surface area contributed by atoms with Crippen molar-refractivity contribution >= 4 is 17.7 Å². The summed E-state index contributed by atoms with van der Waals surface area (Å²) in [6.45, 7) is 2.95. The Kier molecular flexibility index (Phi) is 4.92. The van der Waals surface area contributed by atoms with Crippen LogP contribution >= 0.6 is 0 Å². The lowest BCUT2D eigenvalue weighted by Gasteiger charge is -2.21.